The van der Waals surface area contributed by atoms with Gasteiger partial charge in [-0.05, 0) is 54.2 Å². The highest BCUT2D eigenvalue weighted by Gasteiger charge is 2.29. The number of carbonyl (C=O) groups excluding carboxylic acids is 2. The van der Waals surface area contributed by atoms with E-state index in [9.17, 15) is 19.2 Å². The lowest BCUT2D eigenvalue weighted by atomic mass is 9.95. The molecule has 0 saturated heterocycles. The normalized spacial score (nSPS) is 13.7. The lowest BCUT2D eigenvalue weighted by Crippen LogP contribution is -2.26. The third-order valence-electron chi connectivity index (χ3n) is 6.47. The first kappa shape index (κ1) is 29.3. The summed E-state index contributed by atoms with van der Waals surface area (Å²) in [5.74, 6) is -0.0225. The zero-order chi connectivity index (χ0) is 28.5. The molecule has 0 bridgehead atoms. The molecule has 0 radical (unpaired) electrons. The zero-order valence-corrected chi connectivity index (χ0v) is 22.6. The summed E-state index contributed by atoms with van der Waals surface area (Å²) < 4.78 is 16.9. The van der Waals surface area contributed by atoms with E-state index in [0.29, 0.717) is 54.3 Å². The van der Waals surface area contributed by atoms with Gasteiger partial charge in [0.05, 0.1) is 39.5 Å². The van der Waals surface area contributed by atoms with Gasteiger partial charge in [0.15, 0.2) is 11.5 Å². The minimum absolute atomic E-state index is 0.0729. The lowest BCUT2D eigenvalue weighted by Gasteiger charge is -2.19. The number of benzene rings is 1. The van der Waals surface area contributed by atoms with Crippen molar-refractivity contribution in [3.63, 3.8) is 0 Å². The van der Waals surface area contributed by atoms with Crippen LogP contribution in [-0.2, 0) is 20.8 Å². The Bertz CT molecular complexity index is 1290. The van der Waals surface area contributed by atoms with Gasteiger partial charge in [-0.2, -0.15) is 0 Å². The molecule has 2 aromatic rings. The molecule has 11 nitrogen and oxygen atoms in total. The number of hydrogen-bond acceptors (Lipinski definition) is 8. The van der Waals surface area contributed by atoms with Crippen molar-refractivity contribution in [2.75, 3.05) is 39.7 Å². The van der Waals surface area contributed by atoms with Gasteiger partial charge in [0.25, 0.3) is 0 Å². The van der Waals surface area contributed by atoms with Crippen LogP contribution in [0.3, 0.4) is 0 Å². The molecule has 2 aromatic carbocycles. The smallest absolute Gasteiger partial charge is 0.305 e. The molecule has 1 atom stereocenters. The highest BCUT2D eigenvalue weighted by molar-refractivity contribution is 5.84. The summed E-state index contributed by atoms with van der Waals surface area (Å²) in [7, 11) is 4.62. The van der Waals surface area contributed by atoms with Crippen LogP contribution in [0.2, 0.25) is 0 Å². The van der Waals surface area contributed by atoms with Crippen molar-refractivity contribution in [3.8, 4) is 28.4 Å². The van der Waals surface area contributed by atoms with Crippen LogP contribution in [0.15, 0.2) is 29.1 Å². The number of carbonyl (C=O) groups is 3. The van der Waals surface area contributed by atoms with Gasteiger partial charge in [0, 0.05) is 32.0 Å². The first-order chi connectivity index (χ1) is 18.7. The molecule has 1 aliphatic carbocycles. The molecule has 0 aliphatic heterocycles. The van der Waals surface area contributed by atoms with Crippen molar-refractivity contribution >= 4 is 23.5 Å². The average Bonchev–Trinajstić information content (AvgIpc) is 3.13. The number of ether oxygens (including phenoxy) is 3. The molecule has 0 aromatic heterocycles. The summed E-state index contributed by atoms with van der Waals surface area (Å²) in [6, 6.07) is 6.52. The highest BCUT2D eigenvalue weighted by Crippen LogP contribution is 2.50. The molecular weight excluding hydrogens is 506 g/mol. The fourth-order valence-corrected chi connectivity index (χ4v) is 4.72. The maximum Gasteiger partial charge on any atom is 0.305 e. The van der Waals surface area contributed by atoms with E-state index in [0.717, 1.165) is 16.7 Å². The van der Waals surface area contributed by atoms with Gasteiger partial charge in [-0.15, -0.1) is 0 Å². The quantitative estimate of drug-likeness (QED) is 0.297. The third kappa shape index (κ3) is 7.18. The van der Waals surface area contributed by atoms with E-state index in [4.69, 9.17) is 19.3 Å². The fraction of sp³-hybridized carbons (Fsp3) is 0.429. The summed E-state index contributed by atoms with van der Waals surface area (Å²) in [5.41, 5.74) is 3.16. The molecule has 0 fully saturated rings. The monoisotopic (exact) mass is 541 g/mol. The van der Waals surface area contributed by atoms with Crippen LogP contribution >= 0.6 is 0 Å². The van der Waals surface area contributed by atoms with E-state index < -0.39 is 12.0 Å². The highest BCUT2D eigenvalue weighted by atomic mass is 16.5. The van der Waals surface area contributed by atoms with Gasteiger partial charge in [-0.1, -0.05) is 6.07 Å². The van der Waals surface area contributed by atoms with Gasteiger partial charge < -0.3 is 35.3 Å². The van der Waals surface area contributed by atoms with Crippen LogP contribution < -0.4 is 35.6 Å². The number of aliphatic carboxylic acids is 1. The number of fused-ring (bicyclic) bond motifs is 3. The molecular formula is C28H35N3O8. The van der Waals surface area contributed by atoms with E-state index in [-0.39, 0.29) is 36.6 Å². The lowest BCUT2D eigenvalue weighted by molar-refractivity contribution is -0.137. The number of carboxylic acid groups (broad SMARTS) is 1. The standard InChI is InChI=1S/C28H35N3O8/c1-16(32)31-20-9-7-17-14-23(37-2)27(38-3)28(39-4)26(17)18-8-10-21(22(33)15-19(18)20)29-12-5-6-24(34)30-13-11-25(35)36/h8,10,14-15,20H,5-7,9,11-13H2,1-4H3,(H,29,33)(H,30,34)(H,31,32)(H,35,36). The minimum Gasteiger partial charge on any atom is -0.493 e. The third-order valence-corrected chi connectivity index (χ3v) is 6.47. The SMILES string of the molecule is COc1cc2c(c(OC)c1OC)-c1ccc(NCCCC(=O)NCCC(=O)O)c(=O)cc1C(NC(C)=O)CC2. The number of methoxy groups -OCH3 is 3. The molecule has 2 amide bonds. The number of anilines is 1. The van der Waals surface area contributed by atoms with Crippen molar-refractivity contribution in [1.82, 2.24) is 10.6 Å². The Hall–Kier alpha value is -4.28. The molecule has 11 heteroatoms. The van der Waals surface area contributed by atoms with E-state index in [2.05, 4.69) is 16.0 Å². The van der Waals surface area contributed by atoms with Crippen molar-refractivity contribution in [1.29, 1.82) is 0 Å². The van der Waals surface area contributed by atoms with Crippen molar-refractivity contribution in [2.45, 2.75) is 45.1 Å². The van der Waals surface area contributed by atoms with E-state index >= 15 is 0 Å². The molecule has 1 unspecified atom stereocenters. The molecule has 39 heavy (non-hydrogen) atoms. The van der Waals surface area contributed by atoms with Gasteiger partial charge in [-0.25, -0.2) is 0 Å². The minimum atomic E-state index is -0.978. The fourth-order valence-electron chi connectivity index (χ4n) is 4.72. The molecule has 3 rings (SSSR count). The summed E-state index contributed by atoms with van der Waals surface area (Å²) >= 11 is 0. The number of rotatable bonds is 12. The Morgan fingerprint density at radius 1 is 1.00 bits per heavy atom. The Labute approximate surface area is 226 Å². The number of amides is 2. The average molecular weight is 542 g/mol. The first-order valence-electron chi connectivity index (χ1n) is 12.7. The predicted octanol–water partition coefficient (Wildman–Crippen LogP) is 2.65. The first-order valence-corrected chi connectivity index (χ1v) is 12.7. The maximum atomic E-state index is 13.3. The number of nitrogens with one attached hydrogen (secondary N) is 3. The number of carboxylic acids is 1. The van der Waals surface area contributed by atoms with Gasteiger partial charge in [0.2, 0.25) is 23.0 Å². The number of hydrogen-bond donors (Lipinski definition) is 4. The van der Waals surface area contributed by atoms with Crippen LogP contribution in [0.4, 0.5) is 5.69 Å². The molecule has 0 spiro atoms. The van der Waals surface area contributed by atoms with Gasteiger partial charge in [0.1, 0.15) is 0 Å². The maximum absolute atomic E-state index is 13.3. The second-order valence-electron chi connectivity index (χ2n) is 9.12. The summed E-state index contributed by atoms with van der Waals surface area (Å²) in [5, 5.41) is 17.3. The predicted molar refractivity (Wildman–Crippen MR) is 146 cm³/mol. The van der Waals surface area contributed by atoms with Crippen LogP contribution in [0.5, 0.6) is 17.2 Å². The second kappa shape index (κ2) is 13.5. The van der Waals surface area contributed by atoms with Crippen molar-refractivity contribution in [3.05, 3.63) is 45.6 Å². The van der Waals surface area contributed by atoms with Crippen molar-refractivity contribution in [2.24, 2.45) is 0 Å². The summed E-state index contributed by atoms with van der Waals surface area (Å²) in [6.07, 6.45) is 1.65. The summed E-state index contributed by atoms with van der Waals surface area (Å²) in [6.45, 7) is 1.87. The molecule has 0 heterocycles. The zero-order valence-electron chi connectivity index (χ0n) is 22.6. The topological polar surface area (TPSA) is 152 Å². The molecule has 1 aliphatic rings. The number of aryl methyl sites for hydroxylation is 1. The Kier molecular flexibility index (Phi) is 10.1. The molecule has 0 saturated carbocycles. The van der Waals surface area contributed by atoms with E-state index in [1.165, 1.54) is 20.1 Å². The van der Waals surface area contributed by atoms with Gasteiger partial charge in [-0.3, -0.25) is 19.2 Å². The van der Waals surface area contributed by atoms with Crippen LogP contribution in [0, 0.1) is 0 Å². The van der Waals surface area contributed by atoms with E-state index in [1.54, 1.807) is 20.3 Å². The van der Waals surface area contributed by atoms with Crippen LogP contribution in [0.25, 0.3) is 11.1 Å². The van der Waals surface area contributed by atoms with Gasteiger partial charge >= 0.3 is 5.97 Å². The Morgan fingerprint density at radius 2 is 1.74 bits per heavy atom. The summed E-state index contributed by atoms with van der Waals surface area (Å²) in [4.78, 5) is 47.8. The molecule has 4 N–H and O–H groups in total. The van der Waals surface area contributed by atoms with Crippen LogP contribution in [0.1, 0.15) is 49.8 Å². The largest absolute Gasteiger partial charge is 0.493 e. The van der Waals surface area contributed by atoms with E-state index in [1.807, 2.05) is 12.1 Å². The second-order valence-corrected chi connectivity index (χ2v) is 9.12. The molecule has 210 valence electrons. The Morgan fingerprint density at radius 3 is 2.38 bits per heavy atom. The Balaban J connectivity index is 1.96. The van der Waals surface area contributed by atoms with Crippen molar-refractivity contribution < 1.29 is 33.7 Å². The van der Waals surface area contributed by atoms with Crippen LogP contribution in [-0.4, -0.2) is 57.3 Å².